The second-order valence-electron chi connectivity index (χ2n) is 4.11. The van der Waals surface area contributed by atoms with Crippen molar-refractivity contribution in [1.82, 2.24) is 5.32 Å². The van der Waals surface area contributed by atoms with E-state index in [-0.39, 0.29) is 11.9 Å². The van der Waals surface area contributed by atoms with E-state index in [9.17, 15) is 9.59 Å². The van der Waals surface area contributed by atoms with Crippen LogP contribution in [0.15, 0.2) is 30.3 Å². The molecule has 19 heavy (non-hydrogen) atoms. The average molecular weight is 283 g/mol. The quantitative estimate of drug-likeness (QED) is 0.784. The van der Waals surface area contributed by atoms with E-state index < -0.39 is 17.4 Å². The molecule has 104 valence electrons. The Kier molecular flexibility index (Phi) is 6.21. The summed E-state index contributed by atoms with van der Waals surface area (Å²) in [6.45, 7) is 3.83. The zero-order valence-electron chi connectivity index (χ0n) is 10.8. The summed E-state index contributed by atoms with van der Waals surface area (Å²) in [5.74, 6) is -1.09. The van der Waals surface area contributed by atoms with Gasteiger partial charge in [-0.3, -0.25) is 5.32 Å². The van der Waals surface area contributed by atoms with Gasteiger partial charge in [0, 0.05) is 5.25 Å². The van der Waals surface area contributed by atoms with Crippen molar-refractivity contribution in [3.05, 3.63) is 35.9 Å². The van der Waals surface area contributed by atoms with Gasteiger partial charge in [-0.15, -0.1) is 11.8 Å². The summed E-state index contributed by atoms with van der Waals surface area (Å²) in [6.07, 6.45) is -0.732. The lowest BCUT2D eigenvalue weighted by molar-refractivity contribution is -0.136. The Balaban J connectivity index is 2.42. The molecule has 0 spiro atoms. The summed E-state index contributed by atoms with van der Waals surface area (Å²) in [7, 11) is 0. The minimum Gasteiger partial charge on any atom is -0.479 e. The maximum Gasteiger partial charge on any atom is 0.408 e. The highest BCUT2D eigenvalue weighted by Gasteiger charge is 2.22. The molecule has 1 unspecified atom stereocenters. The maximum absolute atomic E-state index is 11.5. The van der Waals surface area contributed by atoms with Crippen molar-refractivity contribution >= 4 is 23.8 Å². The van der Waals surface area contributed by atoms with E-state index in [1.165, 1.54) is 0 Å². The number of carbonyl (C=O) groups excluding carboxylic acids is 1. The molecule has 1 rings (SSSR count). The fourth-order valence-electron chi connectivity index (χ4n) is 1.30. The number of aliphatic carboxylic acids is 1. The highest BCUT2D eigenvalue weighted by molar-refractivity contribution is 8.01. The highest BCUT2D eigenvalue weighted by Crippen LogP contribution is 2.15. The third kappa shape index (κ3) is 6.15. The number of ether oxygens (including phenoxy) is 1. The molecule has 1 atom stereocenters. The van der Waals surface area contributed by atoms with Crippen LogP contribution in [0.4, 0.5) is 4.79 Å². The van der Waals surface area contributed by atoms with E-state index in [2.05, 4.69) is 5.32 Å². The molecular weight excluding hydrogens is 266 g/mol. The molecule has 0 fully saturated rings. The van der Waals surface area contributed by atoms with Gasteiger partial charge in [-0.05, 0) is 5.56 Å². The van der Waals surface area contributed by atoms with Gasteiger partial charge in [0.05, 0.1) is 0 Å². The van der Waals surface area contributed by atoms with Crippen LogP contribution in [-0.2, 0) is 16.1 Å². The number of carboxylic acids is 1. The zero-order valence-corrected chi connectivity index (χ0v) is 11.6. The molecule has 0 bridgehead atoms. The minimum atomic E-state index is -1.09. The number of hydrogen-bond acceptors (Lipinski definition) is 4. The summed E-state index contributed by atoms with van der Waals surface area (Å²) in [5.41, 5.74) is 0.848. The number of rotatable bonds is 6. The number of carboxylic acid groups (broad SMARTS) is 1. The molecular formula is C13H17NO4S. The lowest BCUT2D eigenvalue weighted by Crippen LogP contribution is -2.39. The van der Waals surface area contributed by atoms with E-state index in [0.717, 1.165) is 17.3 Å². The maximum atomic E-state index is 11.5. The Morgan fingerprint density at radius 2 is 1.95 bits per heavy atom. The Morgan fingerprint density at radius 1 is 1.32 bits per heavy atom. The molecule has 0 aliphatic carbocycles. The molecule has 1 aromatic carbocycles. The first-order chi connectivity index (χ1) is 8.99. The SMILES string of the molecule is CC(C)SC(NC(=O)OCc1ccccc1)C(=O)O. The summed E-state index contributed by atoms with van der Waals surface area (Å²) in [6, 6.07) is 9.19. The van der Waals surface area contributed by atoms with E-state index >= 15 is 0 Å². The molecule has 5 nitrogen and oxygen atoms in total. The van der Waals surface area contributed by atoms with Crippen molar-refractivity contribution in [2.75, 3.05) is 0 Å². The smallest absolute Gasteiger partial charge is 0.408 e. The van der Waals surface area contributed by atoms with Gasteiger partial charge in [0.1, 0.15) is 6.61 Å². The molecule has 0 heterocycles. The topological polar surface area (TPSA) is 75.6 Å². The number of nitrogens with one attached hydrogen (secondary N) is 1. The van der Waals surface area contributed by atoms with Crippen LogP contribution in [-0.4, -0.2) is 27.8 Å². The van der Waals surface area contributed by atoms with Gasteiger partial charge in [0.25, 0.3) is 0 Å². The molecule has 0 radical (unpaired) electrons. The number of alkyl carbamates (subject to hydrolysis) is 1. The Bertz CT molecular complexity index is 422. The van der Waals surface area contributed by atoms with Crippen LogP contribution in [0.3, 0.4) is 0 Å². The lowest BCUT2D eigenvalue weighted by atomic mass is 10.2. The van der Waals surface area contributed by atoms with Crippen LogP contribution in [0.1, 0.15) is 19.4 Å². The fourth-order valence-corrected chi connectivity index (χ4v) is 2.12. The third-order valence-electron chi connectivity index (χ3n) is 2.09. The molecule has 0 saturated heterocycles. The van der Waals surface area contributed by atoms with Crippen LogP contribution >= 0.6 is 11.8 Å². The largest absolute Gasteiger partial charge is 0.479 e. The van der Waals surface area contributed by atoms with Crippen molar-refractivity contribution in [2.45, 2.75) is 31.1 Å². The average Bonchev–Trinajstić information content (AvgIpc) is 2.36. The van der Waals surface area contributed by atoms with Crippen molar-refractivity contribution in [3.63, 3.8) is 0 Å². The van der Waals surface area contributed by atoms with Crippen molar-refractivity contribution in [3.8, 4) is 0 Å². The first kappa shape index (κ1) is 15.4. The number of benzene rings is 1. The highest BCUT2D eigenvalue weighted by atomic mass is 32.2. The predicted molar refractivity (Wildman–Crippen MR) is 73.9 cm³/mol. The standard InChI is InChI=1S/C13H17NO4S/c1-9(2)19-11(12(15)16)14-13(17)18-8-10-6-4-3-5-7-10/h3-7,9,11H,8H2,1-2H3,(H,14,17)(H,15,16). The molecule has 0 aliphatic rings. The third-order valence-corrected chi connectivity index (χ3v) is 3.23. The second kappa shape index (κ2) is 7.68. The fraction of sp³-hybridized carbons (Fsp3) is 0.385. The molecule has 0 aromatic heterocycles. The summed E-state index contributed by atoms with van der Waals surface area (Å²) < 4.78 is 4.96. The van der Waals surface area contributed by atoms with Crippen LogP contribution in [0, 0.1) is 0 Å². The Labute approximate surface area is 116 Å². The van der Waals surface area contributed by atoms with Crippen molar-refractivity contribution in [2.24, 2.45) is 0 Å². The molecule has 1 amide bonds. The lowest BCUT2D eigenvalue weighted by Gasteiger charge is -2.16. The molecule has 0 aliphatic heterocycles. The van der Waals surface area contributed by atoms with Crippen LogP contribution < -0.4 is 5.32 Å². The van der Waals surface area contributed by atoms with Gasteiger partial charge < -0.3 is 9.84 Å². The first-order valence-corrected chi connectivity index (χ1v) is 6.79. The van der Waals surface area contributed by atoms with Crippen LogP contribution in [0.5, 0.6) is 0 Å². The summed E-state index contributed by atoms with van der Waals surface area (Å²) in [5, 5.41) is 10.4. The predicted octanol–water partition coefficient (Wildman–Crippen LogP) is 2.47. The number of amides is 1. The Hall–Kier alpha value is -1.69. The minimum absolute atomic E-state index is 0.0931. The molecule has 6 heteroatoms. The summed E-state index contributed by atoms with van der Waals surface area (Å²) >= 11 is 1.15. The van der Waals surface area contributed by atoms with Crippen LogP contribution in [0.25, 0.3) is 0 Å². The zero-order chi connectivity index (χ0) is 14.3. The van der Waals surface area contributed by atoms with Gasteiger partial charge >= 0.3 is 12.1 Å². The number of carbonyl (C=O) groups is 2. The van der Waals surface area contributed by atoms with Gasteiger partial charge in [0.15, 0.2) is 5.37 Å². The van der Waals surface area contributed by atoms with Gasteiger partial charge in [-0.2, -0.15) is 0 Å². The summed E-state index contributed by atoms with van der Waals surface area (Å²) in [4.78, 5) is 22.5. The monoisotopic (exact) mass is 283 g/mol. The van der Waals surface area contributed by atoms with E-state index in [4.69, 9.17) is 9.84 Å². The molecule has 1 aromatic rings. The number of thioether (sulfide) groups is 1. The molecule has 2 N–H and O–H groups in total. The van der Waals surface area contributed by atoms with Gasteiger partial charge in [-0.25, -0.2) is 9.59 Å². The first-order valence-electron chi connectivity index (χ1n) is 5.84. The van der Waals surface area contributed by atoms with Crippen molar-refractivity contribution in [1.29, 1.82) is 0 Å². The van der Waals surface area contributed by atoms with Gasteiger partial charge in [0.2, 0.25) is 0 Å². The molecule has 0 saturated carbocycles. The van der Waals surface area contributed by atoms with Gasteiger partial charge in [-0.1, -0.05) is 44.2 Å². The normalized spacial score (nSPS) is 11.9. The van der Waals surface area contributed by atoms with E-state index in [1.54, 1.807) is 0 Å². The second-order valence-corrected chi connectivity index (χ2v) is 5.80. The number of hydrogen-bond donors (Lipinski definition) is 2. The van der Waals surface area contributed by atoms with Crippen molar-refractivity contribution < 1.29 is 19.4 Å². The van der Waals surface area contributed by atoms with E-state index in [0.29, 0.717) is 0 Å². The van der Waals surface area contributed by atoms with E-state index in [1.807, 2.05) is 44.2 Å². The Morgan fingerprint density at radius 3 is 2.47 bits per heavy atom. The van der Waals surface area contributed by atoms with Crippen LogP contribution in [0.2, 0.25) is 0 Å².